The molecule has 0 unspecified atom stereocenters. The van der Waals surface area contributed by atoms with Crippen molar-refractivity contribution in [2.45, 2.75) is 32.1 Å². The molecule has 0 fully saturated rings. The first kappa shape index (κ1) is 17.8. The standard InChI is InChI=1S/C11H25NO5S/c1-12(9-11-17-18(13,14)15)8-6-4-3-5-7-10-16-2/h3-11H2,1-2H3,(H,13,14,15). The van der Waals surface area contributed by atoms with Crippen molar-refractivity contribution in [1.82, 2.24) is 4.90 Å². The third-order valence-electron chi connectivity index (χ3n) is 2.59. The van der Waals surface area contributed by atoms with Gasteiger partial charge in [0.15, 0.2) is 0 Å². The Labute approximate surface area is 110 Å². The molecule has 0 aromatic rings. The summed E-state index contributed by atoms with van der Waals surface area (Å²) in [7, 11) is -0.683. The molecular weight excluding hydrogens is 258 g/mol. The Morgan fingerprint density at radius 3 is 2.22 bits per heavy atom. The Bertz CT molecular complexity index is 281. The molecule has 0 amide bonds. The molecule has 0 aliphatic rings. The Morgan fingerprint density at radius 2 is 1.61 bits per heavy atom. The summed E-state index contributed by atoms with van der Waals surface area (Å²) in [4.78, 5) is 1.99. The van der Waals surface area contributed by atoms with Crippen molar-refractivity contribution >= 4 is 10.4 Å². The minimum atomic E-state index is -4.30. The average Bonchev–Trinajstić information content (AvgIpc) is 2.26. The summed E-state index contributed by atoms with van der Waals surface area (Å²) < 4.78 is 38.2. The fourth-order valence-corrected chi connectivity index (χ4v) is 1.85. The summed E-state index contributed by atoms with van der Waals surface area (Å²) in [5, 5.41) is 0. The van der Waals surface area contributed by atoms with Gasteiger partial charge in [0, 0.05) is 20.3 Å². The maximum atomic E-state index is 10.3. The van der Waals surface area contributed by atoms with Gasteiger partial charge in [-0.15, -0.1) is 0 Å². The number of hydrogen-bond acceptors (Lipinski definition) is 5. The third-order valence-corrected chi connectivity index (χ3v) is 3.06. The van der Waals surface area contributed by atoms with E-state index >= 15 is 0 Å². The zero-order chi connectivity index (χ0) is 13.9. The van der Waals surface area contributed by atoms with Gasteiger partial charge < -0.3 is 9.64 Å². The quantitative estimate of drug-likeness (QED) is 0.430. The highest BCUT2D eigenvalue weighted by molar-refractivity contribution is 7.80. The smallest absolute Gasteiger partial charge is 0.385 e. The van der Waals surface area contributed by atoms with Crippen LogP contribution in [0, 0.1) is 0 Å². The van der Waals surface area contributed by atoms with Crippen molar-refractivity contribution in [2.24, 2.45) is 0 Å². The maximum Gasteiger partial charge on any atom is 0.397 e. The Morgan fingerprint density at radius 1 is 1.00 bits per heavy atom. The molecule has 0 aromatic heterocycles. The van der Waals surface area contributed by atoms with Crippen molar-refractivity contribution in [2.75, 3.05) is 40.5 Å². The van der Waals surface area contributed by atoms with Gasteiger partial charge in [0.05, 0.1) is 6.61 Å². The predicted octanol–water partition coefficient (Wildman–Crippen LogP) is 1.33. The van der Waals surface area contributed by atoms with Crippen LogP contribution in [0.5, 0.6) is 0 Å². The number of likely N-dealkylation sites (N-methyl/N-ethyl adjacent to an activating group) is 1. The predicted molar refractivity (Wildman–Crippen MR) is 70.0 cm³/mol. The molecule has 0 radical (unpaired) electrons. The van der Waals surface area contributed by atoms with Gasteiger partial charge in [0.2, 0.25) is 0 Å². The molecule has 0 aliphatic heterocycles. The van der Waals surface area contributed by atoms with Crippen molar-refractivity contribution in [3.8, 4) is 0 Å². The molecule has 1 N–H and O–H groups in total. The lowest BCUT2D eigenvalue weighted by Gasteiger charge is -2.15. The van der Waals surface area contributed by atoms with E-state index in [2.05, 4.69) is 4.18 Å². The first-order valence-electron chi connectivity index (χ1n) is 6.25. The number of ether oxygens (including phenoxy) is 1. The summed E-state index contributed by atoms with van der Waals surface area (Å²) in [5.74, 6) is 0. The molecular formula is C11H25NO5S. The van der Waals surface area contributed by atoms with E-state index in [1.165, 1.54) is 12.8 Å². The molecule has 0 spiro atoms. The molecule has 0 atom stereocenters. The van der Waals surface area contributed by atoms with E-state index < -0.39 is 10.4 Å². The highest BCUT2D eigenvalue weighted by atomic mass is 32.3. The number of nitrogens with zero attached hydrogens (tertiary/aromatic N) is 1. The van der Waals surface area contributed by atoms with Crippen LogP contribution in [0.3, 0.4) is 0 Å². The SMILES string of the molecule is COCCCCCCCN(C)CCOS(=O)(=O)O. The molecule has 0 heterocycles. The second kappa shape index (κ2) is 10.7. The number of unbranched alkanes of at least 4 members (excludes halogenated alkanes) is 4. The van der Waals surface area contributed by atoms with E-state index in [9.17, 15) is 8.42 Å². The van der Waals surface area contributed by atoms with Gasteiger partial charge in [-0.3, -0.25) is 4.55 Å². The van der Waals surface area contributed by atoms with E-state index in [0.29, 0.717) is 6.54 Å². The molecule has 0 saturated heterocycles. The Kier molecular flexibility index (Phi) is 10.6. The largest absolute Gasteiger partial charge is 0.397 e. The van der Waals surface area contributed by atoms with Crippen LogP contribution in [0.15, 0.2) is 0 Å². The summed E-state index contributed by atoms with van der Waals surface area (Å²) in [6.45, 7) is 2.21. The van der Waals surface area contributed by atoms with Crippen molar-refractivity contribution in [1.29, 1.82) is 0 Å². The minimum absolute atomic E-state index is 0.0107. The highest BCUT2D eigenvalue weighted by Gasteiger charge is 2.05. The molecule has 0 aliphatic carbocycles. The van der Waals surface area contributed by atoms with Gasteiger partial charge >= 0.3 is 10.4 Å². The fourth-order valence-electron chi connectivity index (χ4n) is 1.57. The van der Waals surface area contributed by atoms with Gasteiger partial charge in [-0.25, -0.2) is 4.18 Å². The van der Waals surface area contributed by atoms with Gasteiger partial charge in [-0.2, -0.15) is 8.42 Å². The first-order chi connectivity index (χ1) is 8.45. The van der Waals surface area contributed by atoms with Crippen LogP contribution < -0.4 is 0 Å². The van der Waals surface area contributed by atoms with Crippen LogP contribution in [0.4, 0.5) is 0 Å². The topological polar surface area (TPSA) is 76.1 Å². The average molecular weight is 283 g/mol. The molecule has 0 bridgehead atoms. The second-order valence-corrected chi connectivity index (χ2v) is 5.40. The van der Waals surface area contributed by atoms with E-state index in [1.54, 1.807) is 7.11 Å². The van der Waals surface area contributed by atoms with E-state index in [4.69, 9.17) is 9.29 Å². The summed E-state index contributed by atoms with van der Waals surface area (Å²) >= 11 is 0. The van der Waals surface area contributed by atoms with Crippen LogP contribution in [-0.4, -0.2) is 58.3 Å². The van der Waals surface area contributed by atoms with Crippen LogP contribution >= 0.6 is 0 Å². The van der Waals surface area contributed by atoms with Gasteiger partial charge in [-0.05, 0) is 26.4 Å². The van der Waals surface area contributed by atoms with Crippen molar-refractivity contribution in [3.63, 3.8) is 0 Å². The van der Waals surface area contributed by atoms with Gasteiger partial charge in [0.1, 0.15) is 0 Å². The number of rotatable bonds is 12. The van der Waals surface area contributed by atoms with E-state index in [-0.39, 0.29) is 6.61 Å². The van der Waals surface area contributed by atoms with Crippen LogP contribution in [0.25, 0.3) is 0 Å². The Balaban J connectivity index is 3.29. The minimum Gasteiger partial charge on any atom is -0.385 e. The third kappa shape index (κ3) is 13.9. The Hall–Kier alpha value is -0.210. The lowest BCUT2D eigenvalue weighted by Crippen LogP contribution is -2.25. The molecule has 6 nitrogen and oxygen atoms in total. The second-order valence-electron chi connectivity index (χ2n) is 4.31. The molecule has 0 rings (SSSR count). The van der Waals surface area contributed by atoms with Crippen LogP contribution in [0.2, 0.25) is 0 Å². The molecule has 0 aromatic carbocycles. The first-order valence-corrected chi connectivity index (χ1v) is 7.61. The lowest BCUT2D eigenvalue weighted by molar-refractivity contribution is 0.191. The molecule has 7 heteroatoms. The number of methoxy groups -OCH3 is 1. The van der Waals surface area contributed by atoms with Crippen LogP contribution in [0.1, 0.15) is 32.1 Å². The molecule has 18 heavy (non-hydrogen) atoms. The van der Waals surface area contributed by atoms with E-state index in [1.807, 2.05) is 11.9 Å². The van der Waals surface area contributed by atoms with Crippen molar-refractivity contribution < 1.29 is 21.9 Å². The summed E-state index contributed by atoms with van der Waals surface area (Å²) in [5.41, 5.74) is 0. The summed E-state index contributed by atoms with van der Waals surface area (Å²) in [6.07, 6.45) is 5.72. The normalized spacial score (nSPS) is 12.2. The van der Waals surface area contributed by atoms with E-state index in [0.717, 1.165) is 32.4 Å². The van der Waals surface area contributed by atoms with Gasteiger partial charge in [-0.1, -0.05) is 19.3 Å². The monoisotopic (exact) mass is 283 g/mol. The summed E-state index contributed by atoms with van der Waals surface area (Å²) in [6, 6.07) is 0. The van der Waals surface area contributed by atoms with Crippen LogP contribution in [-0.2, 0) is 19.3 Å². The number of hydrogen-bond donors (Lipinski definition) is 1. The molecule has 110 valence electrons. The zero-order valence-corrected chi connectivity index (χ0v) is 12.1. The van der Waals surface area contributed by atoms with Crippen molar-refractivity contribution in [3.05, 3.63) is 0 Å². The van der Waals surface area contributed by atoms with Gasteiger partial charge in [0.25, 0.3) is 0 Å². The zero-order valence-electron chi connectivity index (χ0n) is 11.3. The lowest BCUT2D eigenvalue weighted by atomic mass is 10.1. The fraction of sp³-hybridized carbons (Fsp3) is 1.00. The maximum absolute atomic E-state index is 10.3. The molecule has 0 saturated carbocycles. The highest BCUT2D eigenvalue weighted by Crippen LogP contribution is 2.03.